The summed E-state index contributed by atoms with van der Waals surface area (Å²) in [7, 11) is 0. The topological polar surface area (TPSA) is 63.6 Å². The predicted molar refractivity (Wildman–Crippen MR) is 21.7 cm³/mol. The van der Waals surface area contributed by atoms with E-state index in [0.29, 0.717) is 0 Å². The molecular weight excluding hydrogens is 98.0 g/mol. The number of hydrogen-bond donors (Lipinski definition) is 0. The molecule has 0 spiro atoms. The van der Waals surface area contributed by atoms with E-state index in [-0.39, 0.29) is 6.29 Å². The van der Waals surface area contributed by atoms with Gasteiger partial charge in [-0.1, -0.05) is 5.18 Å². The van der Waals surface area contributed by atoms with Crippen LogP contribution in [0.3, 0.4) is 0 Å². The molecule has 0 saturated heterocycles. The molecular formula is C3H3NO3. The van der Waals surface area contributed by atoms with E-state index >= 15 is 0 Å². The summed E-state index contributed by atoms with van der Waals surface area (Å²) < 4.78 is 0. The molecule has 0 aliphatic carbocycles. The quantitative estimate of drug-likeness (QED) is 0.274. The summed E-state index contributed by atoms with van der Waals surface area (Å²) in [4.78, 5) is 28.2. The fourth-order valence-corrected chi connectivity index (χ4v) is 0.101. The molecule has 0 aliphatic rings. The monoisotopic (exact) mass is 101 g/mol. The number of hydrogen-bond acceptors (Lipinski definition) is 4. The van der Waals surface area contributed by atoms with Crippen LogP contribution in [0.4, 0.5) is 0 Å². The van der Waals surface area contributed by atoms with Crippen molar-refractivity contribution in [1.82, 2.24) is 0 Å². The van der Waals surface area contributed by atoms with E-state index in [9.17, 15) is 9.59 Å². The molecule has 0 amide bonds. The van der Waals surface area contributed by atoms with Crippen LogP contribution in [0.5, 0.6) is 0 Å². The highest BCUT2D eigenvalue weighted by Crippen LogP contribution is 1.64. The molecule has 0 atom stereocenters. The number of nitrogens with zero attached hydrogens (tertiary/aromatic N) is 1. The van der Waals surface area contributed by atoms with Crippen LogP contribution in [0.1, 0.15) is 0 Å². The lowest BCUT2D eigenvalue weighted by molar-refractivity contribution is -0.128. The number of carbonyl (C=O) groups is 2. The highest BCUT2D eigenvalue weighted by Gasteiger charge is 1.93. The van der Waals surface area contributed by atoms with Crippen LogP contribution in [0.2, 0.25) is 0 Å². The number of nitroso groups, excluding NO2 is 1. The van der Waals surface area contributed by atoms with Crippen LogP contribution < -0.4 is 0 Å². The zero-order valence-corrected chi connectivity index (χ0v) is 3.46. The van der Waals surface area contributed by atoms with Gasteiger partial charge >= 0.3 is 0 Å². The van der Waals surface area contributed by atoms with Gasteiger partial charge in [0.05, 0.1) is 0 Å². The Labute approximate surface area is 39.5 Å². The summed E-state index contributed by atoms with van der Waals surface area (Å²) in [5.41, 5.74) is 0. The standard InChI is InChI=1S/C3H3NO3/c5-2-3(6)1-4-7/h2H,1H2. The molecule has 0 aromatic heterocycles. The molecule has 0 N–H and O–H groups in total. The Morgan fingerprint density at radius 1 is 1.71 bits per heavy atom. The zero-order valence-electron chi connectivity index (χ0n) is 3.46. The van der Waals surface area contributed by atoms with E-state index in [4.69, 9.17) is 4.91 Å². The van der Waals surface area contributed by atoms with Crippen LogP contribution in [0.25, 0.3) is 0 Å². The predicted octanol–water partition coefficient (Wildman–Crippen LogP) is -0.479. The molecule has 0 saturated carbocycles. The van der Waals surface area contributed by atoms with Gasteiger partial charge in [0.1, 0.15) is 6.54 Å². The first kappa shape index (κ1) is 5.94. The molecule has 0 unspecified atom stereocenters. The summed E-state index contributed by atoms with van der Waals surface area (Å²) in [5.74, 6) is -0.782. The number of ketones is 1. The largest absolute Gasteiger partial charge is 0.295 e. The number of carbonyl (C=O) groups excluding carboxylic acids is 2. The number of Topliss-reactive ketones (excluding diaryl/α,β-unsaturated/α-hetero) is 1. The Balaban J connectivity index is 3.36. The summed E-state index contributed by atoms with van der Waals surface area (Å²) in [6.07, 6.45) is 0.0708. The maximum absolute atomic E-state index is 9.75. The second-order valence-corrected chi connectivity index (χ2v) is 0.871. The maximum atomic E-state index is 9.75. The third-order valence-electron chi connectivity index (χ3n) is 0.352. The first-order valence-corrected chi connectivity index (χ1v) is 1.58. The van der Waals surface area contributed by atoms with Crippen molar-refractivity contribution >= 4 is 12.1 Å². The second-order valence-electron chi connectivity index (χ2n) is 0.871. The normalized spacial score (nSPS) is 7.43. The van der Waals surface area contributed by atoms with Crippen LogP contribution in [0.15, 0.2) is 5.18 Å². The minimum Gasteiger partial charge on any atom is -0.295 e. The van der Waals surface area contributed by atoms with Crippen molar-refractivity contribution < 1.29 is 9.59 Å². The smallest absolute Gasteiger partial charge is 0.220 e. The maximum Gasteiger partial charge on any atom is 0.220 e. The van der Waals surface area contributed by atoms with Gasteiger partial charge in [-0.3, -0.25) is 9.59 Å². The molecule has 0 fully saturated rings. The van der Waals surface area contributed by atoms with Crippen molar-refractivity contribution in [3.8, 4) is 0 Å². The van der Waals surface area contributed by atoms with E-state index in [1.165, 1.54) is 0 Å². The average molecular weight is 101 g/mol. The Bertz CT molecular complexity index is 98.4. The van der Waals surface area contributed by atoms with E-state index in [1.54, 1.807) is 0 Å². The summed E-state index contributed by atoms with van der Waals surface area (Å²) in [6.45, 7) is -0.538. The minimum atomic E-state index is -0.782. The minimum absolute atomic E-state index is 0.0708. The van der Waals surface area contributed by atoms with Gasteiger partial charge in [0.2, 0.25) is 5.78 Å². The zero-order chi connectivity index (χ0) is 5.70. The van der Waals surface area contributed by atoms with Crippen LogP contribution in [-0.2, 0) is 9.59 Å². The molecule has 0 aliphatic heterocycles. The summed E-state index contributed by atoms with van der Waals surface area (Å²) in [6, 6.07) is 0. The van der Waals surface area contributed by atoms with Crippen molar-refractivity contribution in [3.63, 3.8) is 0 Å². The SMILES string of the molecule is O=CC(=O)CN=O. The lowest BCUT2D eigenvalue weighted by atomic mass is 10.5. The van der Waals surface area contributed by atoms with Crippen molar-refractivity contribution in [2.24, 2.45) is 5.18 Å². The van der Waals surface area contributed by atoms with E-state index in [2.05, 4.69) is 5.18 Å². The lowest BCUT2D eigenvalue weighted by Gasteiger charge is -1.70. The van der Waals surface area contributed by atoms with Gasteiger partial charge in [0, 0.05) is 0 Å². The van der Waals surface area contributed by atoms with Crippen molar-refractivity contribution in [1.29, 1.82) is 0 Å². The molecule has 0 heterocycles. The van der Waals surface area contributed by atoms with Crippen molar-refractivity contribution in [2.45, 2.75) is 0 Å². The molecule has 0 aromatic carbocycles. The molecule has 0 radical (unpaired) electrons. The van der Waals surface area contributed by atoms with E-state index in [0.717, 1.165) is 0 Å². The molecule has 0 aromatic rings. The molecule has 4 heteroatoms. The number of rotatable bonds is 3. The van der Waals surface area contributed by atoms with Gasteiger partial charge in [-0.05, 0) is 0 Å². The second kappa shape index (κ2) is 3.14. The van der Waals surface area contributed by atoms with Crippen LogP contribution in [0, 0.1) is 4.91 Å². The van der Waals surface area contributed by atoms with Gasteiger partial charge < -0.3 is 0 Å². The van der Waals surface area contributed by atoms with Gasteiger partial charge in [0.15, 0.2) is 6.29 Å². The average Bonchev–Trinajstić information content (AvgIpc) is 1.68. The first-order valence-electron chi connectivity index (χ1n) is 1.58. The molecule has 38 valence electrons. The van der Waals surface area contributed by atoms with Crippen LogP contribution in [-0.4, -0.2) is 18.6 Å². The number of aldehydes is 1. The fraction of sp³-hybridized carbons (Fsp3) is 0.333. The molecule has 0 bridgehead atoms. The Morgan fingerprint density at radius 2 is 2.29 bits per heavy atom. The third-order valence-corrected chi connectivity index (χ3v) is 0.352. The van der Waals surface area contributed by atoms with Crippen molar-refractivity contribution in [2.75, 3.05) is 6.54 Å². The lowest BCUT2D eigenvalue weighted by Crippen LogP contribution is -2.01. The highest BCUT2D eigenvalue weighted by atomic mass is 16.3. The summed E-state index contributed by atoms with van der Waals surface area (Å²) >= 11 is 0. The van der Waals surface area contributed by atoms with Gasteiger partial charge in [-0.15, -0.1) is 0 Å². The first-order chi connectivity index (χ1) is 3.31. The van der Waals surface area contributed by atoms with Gasteiger partial charge in [-0.25, -0.2) is 0 Å². The molecule has 0 rings (SSSR count). The highest BCUT2D eigenvalue weighted by molar-refractivity contribution is 6.25. The van der Waals surface area contributed by atoms with Crippen LogP contribution >= 0.6 is 0 Å². The van der Waals surface area contributed by atoms with E-state index in [1.807, 2.05) is 0 Å². The Morgan fingerprint density at radius 3 is 2.43 bits per heavy atom. The Kier molecular flexibility index (Phi) is 2.67. The van der Waals surface area contributed by atoms with E-state index < -0.39 is 12.3 Å². The molecule has 4 nitrogen and oxygen atoms in total. The van der Waals surface area contributed by atoms with Gasteiger partial charge in [0.25, 0.3) is 0 Å². The summed E-state index contributed by atoms with van der Waals surface area (Å²) in [5, 5.41) is 2.18. The van der Waals surface area contributed by atoms with Crippen molar-refractivity contribution in [3.05, 3.63) is 4.91 Å². The van der Waals surface area contributed by atoms with Gasteiger partial charge in [-0.2, -0.15) is 4.91 Å². The third kappa shape index (κ3) is 2.75. The molecule has 7 heavy (non-hydrogen) atoms. The fourth-order valence-electron chi connectivity index (χ4n) is 0.101. The Hall–Kier alpha value is -1.06.